The highest BCUT2D eigenvalue weighted by atomic mass is 35.5. The van der Waals surface area contributed by atoms with Crippen molar-refractivity contribution in [1.82, 2.24) is 9.55 Å². The maximum atomic E-state index is 9.26. The van der Waals surface area contributed by atoms with E-state index < -0.39 is 0 Å². The number of aryl methyl sites for hydroxylation is 1. The fourth-order valence-corrected chi connectivity index (χ4v) is 1.98. The first-order chi connectivity index (χ1) is 9.56. The predicted octanol–water partition coefficient (Wildman–Crippen LogP) is 2.97. The van der Waals surface area contributed by atoms with Crippen LogP contribution in [0.1, 0.15) is 24.7 Å². The lowest BCUT2D eigenvalue weighted by Gasteiger charge is -2.08. The maximum absolute atomic E-state index is 9.26. The summed E-state index contributed by atoms with van der Waals surface area (Å²) >= 11 is 5.92. The van der Waals surface area contributed by atoms with Gasteiger partial charge in [0.1, 0.15) is 23.3 Å². The largest absolute Gasteiger partial charge is 0.486 e. The van der Waals surface area contributed by atoms with E-state index in [1.165, 1.54) is 5.56 Å². The lowest BCUT2D eigenvalue weighted by molar-refractivity contribution is 0.185. The summed E-state index contributed by atoms with van der Waals surface area (Å²) in [7, 11) is 1.85. The van der Waals surface area contributed by atoms with Crippen LogP contribution in [0.5, 0.6) is 5.75 Å². The quantitative estimate of drug-likeness (QED) is 0.891. The van der Waals surface area contributed by atoms with Gasteiger partial charge in [0, 0.05) is 7.05 Å². The van der Waals surface area contributed by atoms with Crippen LogP contribution in [-0.4, -0.2) is 20.8 Å². The SMILES string of the molecule is CC(O)CCc1ccc(OCc2ncc(Cl)n2C)cc1. The topological polar surface area (TPSA) is 47.3 Å². The molecule has 1 heterocycles. The number of ether oxygens (including phenoxy) is 1. The van der Waals surface area contributed by atoms with E-state index in [1.807, 2.05) is 31.3 Å². The number of aliphatic hydroxyl groups is 1. The van der Waals surface area contributed by atoms with Gasteiger partial charge in [-0.25, -0.2) is 4.98 Å². The molecule has 108 valence electrons. The second kappa shape index (κ2) is 6.77. The molecule has 0 amide bonds. The van der Waals surface area contributed by atoms with Crippen molar-refractivity contribution in [3.05, 3.63) is 47.0 Å². The van der Waals surface area contributed by atoms with Crippen molar-refractivity contribution >= 4 is 11.6 Å². The Balaban J connectivity index is 1.89. The molecule has 1 aromatic carbocycles. The van der Waals surface area contributed by atoms with E-state index in [0.29, 0.717) is 11.8 Å². The molecule has 0 radical (unpaired) electrons. The van der Waals surface area contributed by atoms with E-state index in [9.17, 15) is 5.11 Å². The van der Waals surface area contributed by atoms with Crippen molar-refractivity contribution in [2.45, 2.75) is 32.5 Å². The Kier molecular flexibility index (Phi) is 5.04. The summed E-state index contributed by atoms with van der Waals surface area (Å²) in [5.74, 6) is 1.58. The molecule has 1 atom stereocenters. The van der Waals surface area contributed by atoms with Crippen LogP contribution in [0.2, 0.25) is 5.15 Å². The minimum atomic E-state index is -0.265. The molecule has 5 heteroatoms. The third-order valence-electron chi connectivity index (χ3n) is 3.17. The molecule has 0 saturated carbocycles. The summed E-state index contributed by atoms with van der Waals surface area (Å²) in [4.78, 5) is 4.18. The summed E-state index contributed by atoms with van der Waals surface area (Å²) < 4.78 is 7.47. The van der Waals surface area contributed by atoms with Gasteiger partial charge in [-0.15, -0.1) is 0 Å². The molecular formula is C15H19ClN2O2. The average molecular weight is 295 g/mol. The number of rotatable bonds is 6. The Bertz CT molecular complexity index is 550. The van der Waals surface area contributed by atoms with E-state index in [-0.39, 0.29) is 6.10 Å². The van der Waals surface area contributed by atoms with Gasteiger partial charge < -0.3 is 14.4 Å². The van der Waals surface area contributed by atoms with Gasteiger partial charge in [0.25, 0.3) is 0 Å². The van der Waals surface area contributed by atoms with Crippen molar-refractivity contribution < 1.29 is 9.84 Å². The minimum Gasteiger partial charge on any atom is -0.486 e. The summed E-state index contributed by atoms with van der Waals surface area (Å²) in [5.41, 5.74) is 1.19. The standard InChI is InChI=1S/C15H19ClN2O2/c1-11(19)3-4-12-5-7-13(8-6-12)20-10-15-17-9-14(16)18(15)2/h5-9,11,19H,3-4,10H2,1-2H3. The van der Waals surface area contributed by atoms with E-state index in [0.717, 1.165) is 24.4 Å². The first kappa shape index (κ1) is 14.9. The number of imidazole rings is 1. The van der Waals surface area contributed by atoms with Crippen LogP contribution in [-0.2, 0) is 20.1 Å². The van der Waals surface area contributed by atoms with Crippen LogP contribution in [0.4, 0.5) is 0 Å². The molecule has 1 aromatic heterocycles. The Morgan fingerprint density at radius 2 is 2.05 bits per heavy atom. The van der Waals surface area contributed by atoms with Crippen molar-refractivity contribution in [2.24, 2.45) is 7.05 Å². The number of halogens is 1. The van der Waals surface area contributed by atoms with Gasteiger partial charge in [-0.3, -0.25) is 0 Å². The highest BCUT2D eigenvalue weighted by molar-refractivity contribution is 6.29. The fourth-order valence-electron chi connectivity index (χ4n) is 1.83. The second-order valence-corrected chi connectivity index (χ2v) is 5.26. The van der Waals surface area contributed by atoms with Gasteiger partial charge in [-0.1, -0.05) is 23.7 Å². The maximum Gasteiger partial charge on any atom is 0.147 e. The second-order valence-electron chi connectivity index (χ2n) is 4.88. The van der Waals surface area contributed by atoms with E-state index >= 15 is 0 Å². The summed E-state index contributed by atoms with van der Waals surface area (Å²) in [6.07, 6.45) is 2.98. The summed E-state index contributed by atoms with van der Waals surface area (Å²) in [6.45, 7) is 2.19. The van der Waals surface area contributed by atoms with E-state index in [4.69, 9.17) is 16.3 Å². The number of hydrogen-bond acceptors (Lipinski definition) is 3. The van der Waals surface area contributed by atoms with Crippen LogP contribution in [0.25, 0.3) is 0 Å². The molecule has 0 aliphatic rings. The minimum absolute atomic E-state index is 0.265. The van der Waals surface area contributed by atoms with Crippen molar-refractivity contribution in [1.29, 1.82) is 0 Å². The predicted molar refractivity (Wildman–Crippen MR) is 79.0 cm³/mol. The third kappa shape index (κ3) is 3.99. The molecule has 2 rings (SSSR count). The monoisotopic (exact) mass is 294 g/mol. The Labute approximate surface area is 124 Å². The van der Waals surface area contributed by atoms with E-state index in [2.05, 4.69) is 4.98 Å². The Morgan fingerprint density at radius 1 is 1.35 bits per heavy atom. The van der Waals surface area contributed by atoms with Crippen LogP contribution >= 0.6 is 11.6 Å². The number of hydrogen-bond donors (Lipinski definition) is 1. The molecule has 0 spiro atoms. The van der Waals surface area contributed by atoms with Crippen LogP contribution < -0.4 is 4.74 Å². The van der Waals surface area contributed by atoms with Gasteiger partial charge in [0.2, 0.25) is 0 Å². The molecule has 0 fully saturated rings. The number of benzene rings is 1. The average Bonchev–Trinajstić information content (AvgIpc) is 2.75. The number of aromatic nitrogens is 2. The zero-order valence-corrected chi connectivity index (χ0v) is 12.5. The smallest absolute Gasteiger partial charge is 0.147 e. The molecule has 1 unspecified atom stereocenters. The molecule has 20 heavy (non-hydrogen) atoms. The van der Waals surface area contributed by atoms with Crippen molar-refractivity contribution in [3.63, 3.8) is 0 Å². The molecule has 4 nitrogen and oxygen atoms in total. The molecule has 0 bridgehead atoms. The molecule has 1 N–H and O–H groups in total. The van der Waals surface area contributed by atoms with E-state index in [1.54, 1.807) is 17.7 Å². The van der Waals surface area contributed by atoms with Crippen molar-refractivity contribution in [2.75, 3.05) is 0 Å². The molecule has 0 aliphatic heterocycles. The number of aliphatic hydroxyl groups excluding tert-OH is 1. The highest BCUT2D eigenvalue weighted by Gasteiger charge is 2.05. The fraction of sp³-hybridized carbons (Fsp3) is 0.400. The van der Waals surface area contributed by atoms with Crippen molar-refractivity contribution in [3.8, 4) is 5.75 Å². The molecule has 0 saturated heterocycles. The molecular weight excluding hydrogens is 276 g/mol. The van der Waals surface area contributed by atoms with Gasteiger partial charge in [0.15, 0.2) is 0 Å². The highest BCUT2D eigenvalue weighted by Crippen LogP contribution is 2.16. The first-order valence-corrected chi connectivity index (χ1v) is 7.00. The first-order valence-electron chi connectivity index (χ1n) is 6.62. The zero-order valence-electron chi connectivity index (χ0n) is 11.7. The van der Waals surface area contributed by atoms with Gasteiger partial charge in [-0.2, -0.15) is 0 Å². The van der Waals surface area contributed by atoms with Gasteiger partial charge in [0.05, 0.1) is 12.3 Å². The normalized spacial score (nSPS) is 12.4. The van der Waals surface area contributed by atoms with Crippen LogP contribution in [0, 0.1) is 0 Å². The Hall–Kier alpha value is -1.52. The zero-order chi connectivity index (χ0) is 14.5. The molecule has 0 aliphatic carbocycles. The lowest BCUT2D eigenvalue weighted by Crippen LogP contribution is -2.04. The van der Waals surface area contributed by atoms with Gasteiger partial charge >= 0.3 is 0 Å². The molecule has 2 aromatic rings. The summed E-state index contributed by atoms with van der Waals surface area (Å²) in [6, 6.07) is 7.90. The Morgan fingerprint density at radius 3 is 2.60 bits per heavy atom. The van der Waals surface area contributed by atoms with Crippen LogP contribution in [0.15, 0.2) is 30.5 Å². The lowest BCUT2D eigenvalue weighted by atomic mass is 10.1. The third-order valence-corrected chi connectivity index (χ3v) is 3.52. The number of nitrogens with zero attached hydrogens (tertiary/aromatic N) is 2. The van der Waals surface area contributed by atoms with Crippen LogP contribution in [0.3, 0.4) is 0 Å². The van der Waals surface area contributed by atoms with Gasteiger partial charge in [-0.05, 0) is 37.5 Å². The summed E-state index contributed by atoms with van der Waals surface area (Å²) in [5, 5.41) is 9.86.